The van der Waals surface area contributed by atoms with Crippen molar-refractivity contribution in [2.45, 2.75) is 13.5 Å². The highest BCUT2D eigenvalue weighted by Gasteiger charge is 2.32. The van der Waals surface area contributed by atoms with Crippen LogP contribution in [0.3, 0.4) is 0 Å². The molecule has 1 heterocycles. The molecular formula is C26H21BrF2N2O3S. The first-order chi connectivity index (χ1) is 16.9. The van der Waals surface area contributed by atoms with Crippen molar-refractivity contribution < 1.29 is 23.0 Å². The molecule has 9 heteroatoms. The Morgan fingerprint density at radius 3 is 2.31 bits per heavy atom. The Labute approximate surface area is 214 Å². The second-order valence-corrected chi connectivity index (χ2v) is 9.33. The molecule has 0 atom stereocenters. The monoisotopic (exact) mass is 558 g/mol. The van der Waals surface area contributed by atoms with Crippen LogP contribution >= 0.6 is 27.7 Å². The van der Waals surface area contributed by atoms with Crippen LogP contribution in [-0.4, -0.2) is 29.6 Å². The maximum Gasteiger partial charge on any atom is 0.266 e. The lowest BCUT2D eigenvalue weighted by Gasteiger charge is -2.13. The maximum absolute atomic E-state index is 13.2. The Bertz CT molecular complexity index is 1300. The van der Waals surface area contributed by atoms with E-state index in [9.17, 15) is 13.6 Å². The summed E-state index contributed by atoms with van der Waals surface area (Å²) in [7, 11) is 1.53. The fourth-order valence-electron chi connectivity index (χ4n) is 3.31. The minimum absolute atomic E-state index is 0.166. The van der Waals surface area contributed by atoms with Gasteiger partial charge in [-0.15, -0.1) is 0 Å². The van der Waals surface area contributed by atoms with E-state index in [-0.39, 0.29) is 24.1 Å². The Kier molecular flexibility index (Phi) is 7.87. The highest BCUT2D eigenvalue weighted by atomic mass is 79.9. The van der Waals surface area contributed by atoms with Crippen LogP contribution in [0, 0.1) is 11.6 Å². The number of thioether (sulfide) groups is 1. The molecule has 0 saturated carbocycles. The van der Waals surface area contributed by atoms with E-state index in [2.05, 4.69) is 20.9 Å². The Balaban J connectivity index is 1.58. The highest BCUT2D eigenvalue weighted by molar-refractivity contribution is 9.10. The Hall–Kier alpha value is -3.17. The van der Waals surface area contributed by atoms with Crippen molar-refractivity contribution in [2.75, 3.05) is 13.7 Å². The lowest BCUT2D eigenvalue weighted by atomic mass is 10.1. The van der Waals surface area contributed by atoms with Gasteiger partial charge in [0, 0.05) is 11.0 Å². The minimum Gasteiger partial charge on any atom is -0.493 e. The zero-order valence-corrected chi connectivity index (χ0v) is 21.3. The zero-order chi connectivity index (χ0) is 24.9. The molecule has 1 aliphatic heterocycles. The van der Waals surface area contributed by atoms with E-state index in [1.165, 1.54) is 43.1 Å². The second-order valence-electron chi connectivity index (χ2n) is 7.47. The van der Waals surface area contributed by atoms with Gasteiger partial charge in [0.2, 0.25) is 0 Å². The molecule has 1 aliphatic rings. The maximum atomic E-state index is 13.2. The smallest absolute Gasteiger partial charge is 0.266 e. The normalized spacial score (nSPS) is 15.8. The van der Waals surface area contributed by atoms with Crippen molar-refractivity contribution >= 4 is 50.5 Å². The number of likely N-dealkylation sites (N-methyl/N-ethyl adjacent to an activating group) is 1. The van der Waals surface area contributed by atoms with E-state index in [1.54, 1.807) is 47.4 Å². The van der Waals surface area contributed by atoms with Gasteiger partial charge in [0.05, 0.1) is 17.7 Å². The van der Waals surface area contributed by atoms with Crippen molar-refractivity contribution in [3.63, 3.8) is 0 Å². The molecule has 3 aromatic carbocycles. The number of carbonyl (C=O) groups excluding carboxylic acids is 1. The molecule has 35 heavy (non-hydrogen) atoms. The summed E-state index contributed by atoms with van der Waals surface area (Å²) in [5, 5.41) is 0.526. The zero-order valence-electron chi connectivity index (χ0n) is 18.9. The Morgan fingerprint density at radius 1 is 1.03 bits per heavy atom. The average molecular weight is 559 g/mol. The lowest BCUT2D eigenvalue weighted by molar-refractivity contribution is -0.122. The molecule has 0 spiro atoms. The summed E-state index contributed by atoms with van der Waals surface area (Å²) in [5.74, 6) is 0.176. The molecule has 1 amide bonds. The van der Waals surface area contributed by atoms with Crippen molar-refractivity contribution in [1.29, 1.82) is 0 Å². The van der Waals surface area contributed by atoms with E-state index in [4.69, 9.17) is 9.47 Å². The molecule has 5 nitrogen and oxygen atoms in total. The number of carbonyl (C=O) groups is 1. The molecule has 1 fully saturated rings. The summed E-state index contributed by atoms with van der Waals surface area (Å²) < 4.78 is 38.4. The number of ether oxygens (including phenoxy) is 2. The summed E-state index contributed by atoms with van der Waals surface area (Å²) in [6.07, 6.45) is 1.76. The fraction of sp³-hybridized carbons (Fsp3) is 0.154. The standard InChI is InChI=1S/C26H21BrF2N2O3S/c1-3-31-25(32)24(35-26(31)30-20-10-8-19(29)9-11-20)13-17-12-22(33-2)23(14-21(17)27)34-15-16-4-6-18(28)7-5-16/h4-14H,3,15H2,1-2H3/b24-13+,30-26?. The third-order valence-electron chi connectivity index (χ3n) is 5.13. The molecule has 3 aromatic rings. The highest BCUT2D eigenvalue weighted by Crippen LogP contribution is 2.39. The minimum atomic E-state index is -0.346. The SMILES string of the molecule is CCN1C(=O)/C(=C\c2cc(OC)c(OCc3ccc(F)cc3)cc2Br)SC1=Nc1ccc(F)cc1. The first-order valence-corrected chi connectivity index (χ1v) is 12.3. The topological polar surface area (TPSA) is 51.1 Å². The van der Waals surface area contributed by atoms with Gasteiger partial charge in [-0.1, -0.05) is 28.1 Å². The number of rotatable bonds is 7. The van der Waals surface area contributed by atoms with E-state index >= 15 is 0 Å². The van der Waals surface area contributed by atoms with Crippen LogP contribution in [0.4, 0.5) is 14.5 Å². The number of methoxy groups -OCH3 is 1. The third-order valence-corrected chi connectivity index (χ3v) is 6.83. The molecule has 0 radical (unpaired) electrons. The molecule has 0 N–H and O–H groups in total. The molecule has 0 unspecified atom stereocenters. The van der Waals surface area contributed by atoms with Crippen molar-refractivity contribution in [1.82, 2.24) is 4.90 Å². The summed E-state index contributed by atoms with van der Waals surface area (Å²) in [6, 6.07) is 15.4. The van der Waals surface area contributed by atoms with Crippen LogP contribution in [0.2, 0.25) is 0 Å². The molecule has 0 aliphatic carbocycles. The van der Waals surface area contributed by atoms with Gasteiger partial charge in [-0.3, -0.25) is 9.69 Å². The predicted molar refractivity (Wildman–Crippen MR) is 138 cm³/mol. The first kappa shape index (κ1) is 24.9. The first-order valence-electron chi connectivity index (χ1n) is 10.7. The summed E-state index contributed by atoms with van der Waals surface area (Å²) in [5.41, 5.74) is 2.11. The average Bonchev–Trinajstić information content (AvgIpc) is 3.15. The van der Waals surface area contributed by atoms with E-state index in [0.29, 0.717) is 38.3 Å². The predicted octanol–water partition coefficient (Wildman–Crippen LogP) is 6.94. The van der Waals surface area contributed by atoms with E-state index in [1.807, 2.05) is 6.92 Å². The molecule has 0 aromatic heterocycles. The Morgan fingerprint density at radius 2 is 1.69 bits per heavy atom. The van der Waals surface area contributed by atoms with E-state index in [0.717, 1.165) is 11.1 Å². The number of hydrogen-bond acceptors (Lipinski definition) is 5. The van der Waals surface area contributed by atoms with Gasteiger partial charge in [0.25, 0.3) is 5.91 Å². The van der Waals surface area contributed by atoms with Crippen LogP contribution in [0.25, 0.3) is 6.08 Å². The van der Waals surface area contributed by atoms with Crippen molar-refractivity contribution in [3.05, 3.63) is 92.8 Å². The van der Waals surface area contributed by atoms with Gasteiger partial charge in [0.1, 0.15) is 18.2 Å². The van der Waals surface area contributed by atoms with Gasteiger partial charge < -0.3 is 9.47 Å². The molecule has 1 saturated heterocycles. The number of hydrogen-bond donors (Lipinski definition) is 0. The number of amides is 1. The van der Waals surface area contributed by atoms with Gasteiger partial charge in [0.15, 0.2) is 16.7 Å². The lowest BCUT2D eigenvalue weighted by Crippen LogP contribution is -2.28. The van der Waals surface area contributed by atoms with Crippen LogP contribution < -0.4 is 9.47 Å². The molecule has 180 valence electrons. The molecular weight excluding hydrogens is 538 g/mol. The number of halogens is 3. The number of nitrogens with zero attached hydrogens (tertiary/aromatic N) is 2. The molecule has 4 rings (SSSR count). The second kappa shape index (κ2) is 11.0. The number of benzene rings is 3. The van der Waals surface area contributed by atoms with Crippen LogP contribution in [0.5, 0.6) is 11.5 Å². The number of aliphatic imine (C=N–C) groups is 1. The largest absolute Gasteiger partial charge is 0.493 e. The number of amidine groups is 1. The summed E-state index contributed by atoms with van der Waals surface area (Å²) in [6.45, 7) is 2.56. The molecule has 0 bridgehead atoms. The van der Waals surface area contributed by atoms with Gasteiger partial charge >= 0.3 is 0 Å². The van der Waals surface area contributed by atoms with Crippen LogP contribution in [0.1, 0.15) is 18.1 Å². The van der Waals surface area contributed by atoms with Crippen LogP contribution in [-0.2, 0) is 11.4 Å². The summed E-state index contributed by atoms with van der Waals surface area (Å²) >= 11 is 4.80. The van der Waals surface area contributed by atoms with Crippen LogP contribution in [0.15, 0.2) is 75.0 Å². The quantitative estimate of drug-likeness (QED) is 0.295. The fourth-order valence-corrected chi connectivity index (χ4v) is 4.80. The summed E-state index contributed by atoms with van der Waals surface area (Å²) in [4.78, 5) is 19.6. The van der Waals surface area contributed by atoms with Gasteiger partial charge in [-0.2, -0.15) is 0 Å². The van der Waals surface area contributed by atoms with Crippen molar-refractivity contribution in [3.8, 4) is 11.5 Å². The van der Waals surface area contributed by atoms with Gasteiger partial charge in [-0.05, 0) is 84.4 Å². The third kappa shape index (κ3) is 5.91. The van der Waals surface area contributed by atoms with Crippen molar-refractivity contribution in [2.24, 2.45) is 4.99 Å². The van der Waals surface area contributed by atoms with Gasteiger partial charge in [-0.25, -0.2) is 13.8 Å². The van der Waals surface area contributed by atoms with E-state index < -0.39 is 0 Å².